The maximum absolute atomic E-state index is 14.2. The molecule has 1 N–H and O–H groups in total. The number of aromatic nitrogens is 1. The van der Waals surface area contributed by atoms with Crippen LogP contribution in [0.25, 0.3) is 0 Å². The van der Waals surface area contributed by atoms with Gasteiger partial charge in [-0.05, 0) is 19.3 Å². The Kier molecular flexibility index (Phi) is 3.50. The minimum atomic E-state index is -1.03. The molecule has 0 spiro atoms. The number of nitrogens with zero attached hydrogens (tertiary/aromatic N) is 2. The summed E-state index contributed by atoms with van der Waals surface area (Å²) >= 11 is 0. The number of esters is 1. The fourth-order valence-electron chi connectivity index (χ4n) is 4.38. The standard InChI is InChI=1S/C16H19F2N3O3/c1-23-14(22)11-12(10(17)6-19-13(11)18)20-15-7-16(8-15,9-15)21-2-4-24-5-3-21/h6H,2-5,7-9H2,1H3,(H,19,20). The van der Waals surface area contributed by atoms with E-state index in [2.05, 4.69) is 19.9 Å². The van der Waals surface area contributed by atoms with E-state index >= 15 is 0 Å². The van der Waals surface area contributed by atoms with Crippen molar-refractivity contribution in [2.75, 3.05) is 38.7 Å². The van der Waals surface area contributed by atoms with Crippen LogP contribution >= 0.6 is 0 Å². The molecule has 0 radical (unpaired) electrons. The molecule has 2 heterocycles. The normalized spacial score (nSPS) is 31.8. The predicted molar refractivity (Wildman–Crippen MR) is 80.8 cm³/mol. The molecule has 0 amide bonds. The average molecular weight is 339 g/mol. The molecule has 4 fully saturated rings. The summed E-state index contributed by atoms with van der Waals surface area (Å²) in [6.07, 6.45) is 3.34. The number of hydrogen-bond donors (Lipinski definition) is 1. The summed E-state index contributed by atoms with van der Waals surface area (Å²) in [6.45, 7) is 3.28. The highest BCUT2D eigenvalue weighted by atomic mass is 19.1. The van der Waals surface area contributed by atoms with E-state index in [1.807, 2.05) is 0 Å². The third kappa shape index (κ3) is 2.20. The van der Waals surface area contributed by atoms with E-state index in [1.54, 1.807) is 0 Å². The fourth-order valence-corrected chi connectivity index (χ4v) is 4.38. The van der Waals surface area contributed by atoms with Crippen molar-refractivity contribution in [2.24, 2.45) is 0 Å². The summed E-state index contributed by atoms with van der Waals surface area (Å²) in [7, 11) is 1.13. The predicted octanol–water partition coefficient (Wildman–Crippen LogP) is 1.57. The minimum absolute atomic E-state index is 0.143. The summed E-state index contributed by atoms with van der Waals surface area (Å²) in [5.41, 5.74) is -0.757. The van der Waals surface area contributed by atoms with Crippen LogP contribution in [0.1, 0.15) is 29.6 Å². The molecule has 24 heavy (non-hydrogen) atoms. The van der Waals surface area contributed by atoms with Gasteiger partial charge in [0.25, 0.3) is 0 Å². The highest BCUT2D eigenvalue weighted by Gasteiger charge is 2.70. The number of methoxy groups -OCH3 is 1. The van der Waals surface area contributed by atoms with Crippen LogP contribution in [0.5, 0.6) is 0 Å². The van der Waals surface area contributed by atoms with E-state index in [9.17, 15) is 13.6 Å². The zero-order chi connectivity index (χ0) is 16.9. The Hall–Kier alpha value is -1.80. The van der Waals surface area contributed by atoms with E-state index in [0.29, 0.717) is 0 Å². The van der Waals surface area contributed by atoms with Crippen LogP contribution in [0.15, 0.2) is 6.20 Å². The van der Waals surface area contributed by atoms with E-state index in [4.69, 9.17) is 4.74 Å². The number of ether oxygens (including phenoxy) is 2. The lowest BCUT2D eigenvalue weighted by atomic mass is 9.43. The maximum Gasteiger partial charge on any atom is 0.344 e. The van der Waals surface area contributed by atoms with Crippen LogP contribution in [-0.2, 0) is 9.47 Å². The number of halogens is 2. The number of nitrogens with one attached hydrogen (secondary N) is 1. The first-order valence-corrected chi connectivity index (χ1v) is 8.02. The number of carbonyl (C=O) groups is 1. The van der Waals surface area contributed by atoms with Crippen molar-refractivity contribution in [3.05, 3.63) is 23.5 Å². The Morgan fingerprint density at radius 1 is 1.33 bits per heavy atom. The van der Waals surface area contributed by atoms with Gasteiger partial charge < -0.3 is 14.8 Å². The van der Waals surface area contributed by atoms with Crippen LogP contribution in [0, 0.1) is 11.8 Å². The van der Waals surface area contributed by atoms with Crippen LogP contribution in [0.3, 0.4) is 0 Å². The molecule has 5 rings (SSSR count). The molecule has 1 aromatic rings. The summed E-state index contributed by atoms with van der Waals surface area (Å²) in [6, 6.07) is 0. The van der Waals surface area contributed by atoms with Gasteiger partial charge in [-0.1, -0.05) is 0 Å². The second-order valence-corrected chi connectivity index (χ2v) is 6.90. The lowest BCUT2D eigenvalue weighted by Gasteiger charge is -2.74. The van der Waals surface area contributed by atoms with Gasteiger partial charge in [-0.25, -0.2) is 14.2 Å². The number of hydrogen-bond acceptors (Lipinski definition) is 6. The Morgan fingerprint density at radius 3 is 2.62 bits per heavy atom. The van der Waals surface area contributed by atoms with E-state index in [0.717, 1.165) is 58.9 Å². The summed E-state index contributed by atoms with van der Waals surface area (Å²) in [4.78, 5) is 17.5. The Balaban J connectivity index is 1.52. The van der Waals surface area contributed by atoms with Gasteiger partial charge in [0.2, 0.25) is 5.95 Å². The van der Waals surface area contributed by atoms with E-state index in [1.165, 1.54) is 0 Å². The Labute approximate surface area is 138 Å². The SMILES string of the molecule is COC(=O)c1c(F)ncc(F)c1NC12CC(N3CCOCC3)(C1)C2. The molecule has 0 aromatic carbocycles. The largest absolute Gasteiger partial charge is 0.465 e. The van der Waals surface area contributed by atoms with Crippen molar-refractivity contribution in [3.63, 3.8) is 0 Å². The Morgan fingerprint density at radius 2 is 2.00 bits per heavy atom. The quantitative estimate of drug-likeness (QED) is 0.664. The van der Waals surface area contributed by atoms with Crippen LogP contribution in [0.2, 0.25) is 0 Å². The second kappa shape index (κ2) is 5.35. The number of pyridine rings is 1. The fraction of sp³-hybridized carbons (Fsp3) is 0.625. The van der Waals surface area contributed by atoms with Crippen molar-refractivity contribution >= 4 is 11.7 Å². The Bertz CT molecular complexity index is 672. The monoisotopic (exact) mass is 339 g/mol. The van der Waals surface area contributed by atoms with Gasteiger partial charge in [0, 0.05) is 24.2 Å². The number of anilines is 1. The number of morpholine rings is 1. The van der Waals surface area contributed by atoms with Gasteiger partial charge >= 0.3 is 5.97 Å². The molecule has 3 saturated carbocycles. The molecule has 6 nitrogen and oxygen atoms in total. The number of rotatable bonds is 4. The van der Waals surface area contributed by atoms with Crippen LogP contribution in [-0.4, -0.2) is 60.3 Å². The maximum atomic E-state index is 14.2. The molecule has 8 heteroatoms. The first-order valence-electron chi connectivity index (χ1n) is 8.02. The van der Waals surface area contributed by atoms with Gasteiger partial charge in [-0.2, -0.15) is 4.39 Å². The van der Waals surface area contributed by atoms with Crippen molar-refractivity contribution in [1.82, 2.24) is 9.88 Å². The van der Waals surface area contributed by atoms with Gasteiger partial charge in [0.05, 0.1) is 32.2 Å². The first kappa shape index (κ1) is 15.7. The zero-order valence-electron chi connectivity index (χ0n) is 13.4. The van der Waals surface area contributed by atoms with Crippen molar-refractivity contribution in [1.29, 1.82) is 0 Å². The van der Waals surface area contributed by atoms with Crippen molar-refractivity contribution in [2.45, 2.75) is 30.3 Å². The molecule has 1 aliphatic heterocycles. The second-order valence-electron chi connectivity index (χ2n) is 6.90. The highest BCUT2D eigenvalue weighted by Crippen LogP contribution is 2.65. The number of carbonyl (C=O) groups excluding carboxylic acids is 1. The van der Waals surface area contributed by atoms with Gasteiger partial charge in [-0.15, -0.1) is 0 Å². The van der Waals surface area contributed by atoms with Crippen molar-refractivity contribution in [3.8, 4) is 0 Å². The molecule has 2 bridgehead atoms. The van der Waals surface area contributed by atoms with Crippen LogP contribution < -0.4 is 5.32 Å². The summed E-state index contributed by atoms with van der Waals surface area (Å²) < 4.78 is 38.0. The summed E-state index contributed by atoms with van der Waals surface area (Å²) in [5, 5.41) is 3.06. The minimum Gasteiger partial charge on any atom is -0.465 e. The van der Waals surface area contributed by atoms with Crippen molar-refractivity contribution < 1.29 is 23.0 Å². The molecule has 130 valence electrons. The summed E-state index contributed by atoms with van der Waals surface area (Å²) in [5.74, 6) is -2.71. The molecule has 4 aliphatic rings. The molecule has 0 atom stereocenters. The molecular formula is C16H19F2N3O3. The molecule has 1 aromatic heterocycles. The highest BCUT2D eigenvalue weighted by molar-refractivity contribution is 5.95. The molecule has 1 saturated heterocycles. The average Bonchev–Trinajstić information content (AvgIpc) is 2.52. The van der Waals surface area contributed by atoms with E-state index < -0.39 is 23.3 Å². The lowest BCUT2D eigenvalue weighted by molar-refractivity contribution is -0.172. The van der Waals surface area contributed by atoms with E-state index in [-0.39, 0.29) is 16.8 Å². The zero-order valence-corrected chi connectivity index (χ0v) is 13.4. The van der Waals surface area contributed by atoms with Gasteiger partial charge in [-0.3, -0.25) is 4.90 Å². The van der Waals surface area contributed by atoms with Crippen LogP contribution in [0.4, 0.5) is 14.5 Å². The third-order valence-corrected chi connectivity index (χ3v) is 5.45. The van der Waals surface area contributed by atoms with Gasteiger partial charge in [0.1, 0.15) is 5.56 Å². The molecule has 3 aliphatic carbocycles. The smallest absolute Gasteiger partial charge is 0.344 e. The van der Waals surface area contributed by atoms with Gasteiger partial charge in [0.15, 0.2) is 5.82 Å². The third-order valence-electron chi connectivity index (χ3n) is 5.45. The lowest BCUT2D eigenvalue weighted by Crippen LogP contribution is -2.82. The molecule has 0 unspecified atom stereocenters. The topological polar surface area (TPSA) is 63.7 Å². The first-order chi connectivity index (χ1) is 11.5. The molecular weight excluding hydrogens is 320 g/mol.